The van der Waals surface area contributed by atoms with E-state index in [0.717, 1.165) is 16.1 Å². The number of pyridine rings is 1. The van der Waals surface area contributed by atoms with Crippen molar-refractivity contribution >= 4 is 22.5 Å². The van der Waals surface area contributed by atoms with Gasteiger partial charge in [-0.05, 0) is 24.3 Å². The van der Waals surface area contributed by atoms with Crippen LogP contribution in [-0.4, -0.2) is 14.8 Å². The summed E-state index contributed by atoms with van der Waals surface area (Å²) >= 11 is 6.02. The van der Waals surface area contributed by atoms with Crippen LogP contribution in [0.4, 0.5) is 13.2 Å². The first-order valence-corrected chi connectivity index (χ1v) is 6.01. The van der Waals surface area contributed by atoms with Crippen LogP contribution in [-0.2, 0) is 6.18 Å². The van der Waals surface area contributed by atoms with Crippen molar-refractivity contribution in [2.45, 2.75) is 6.18 Å². The molecular formula is C13H7ClF3N3. The number of nitrogens with zero attached hydrogens (tertiary/aromatic N) is 3. The van der Waals surface area contributed by atoms with E-state index in [1.165, 1.54) is 6.20 Å². The maximum atomic E-state index is 12.5. The smallest absolute Gasteiger partial charge is 0.227 e. The number of alkyl halides is 3. The van der Waals surface area contributed by atoms with Crippen molar-refractivity contribution in [1.82, 2.24) is 14.8 Å². The lowest BCUT2D eigenvalue weighted by Crippen LogP contribution is -2.07. The van der Waals surface area contributed by atoms with Crippen molar-refractivity contribution in [3.05, 3.63) is 53.3 Å². The van der Waals surface area contributed by atoms with E-state index in [2.05, 4.69) is 10.1 Å². The Hall–Kier alpha value is -2.08. The van der Waals surface area contributed by atoms with Gasteiger partial charge in [0.1, 0.15) is 0 Å². The molecule has 0 fully saturated rings. The third-order valence-electron chi connectivity index (χ3n) is 2.77. The number of benzene rings is 1. The van der Waals surface area contributed by atoms with E-state index in [0.29, 0.717) is 10.5 Å². The van der Waals surface area contributed by atoms with Gasteiger partial charge in [-0.1, -0.05) is 23.7 Å². The summed E-state index contributed by atoms with van der Waals surface area (Å²) in [6.45, 7) is 0. The molecule has 2 heterocycles. The number of halogens is 4. The number of hydrogen-bond acceptors (Lipinski definition) is 2. The summed E-state index contributed by atoms with van der Waals surface area (Å²) in [5, 5.41) is 4.72. The van der Waals surface area contributed by atoms with Gasteiger partial charge in [0.15, 0.2) is 11.5 Å². The molecule has 0 radical (unpaired) electrons. The molecule has 0 saturated heterocycles. The van der Waals surface area contributed by atoms with Crippen molar-refractivity contribution in [3.8, 4) is 5.82 Å². The van der Waals surface area contributed by atoms with Crippen LogP contribution in [0, 0.1) is 0 Å². The molecule has 7 heteroatoms. The normalized spacial score (nSPS) is 12.0. The molecule has 0 atom stereocenters. The molecule has 0 saturated carbocycles. The van der Waals surface area contributed by atoms with Crippen molar-refractivity contribution < 1.29 is 13.2 Å². The average Bonchev–Trinajstić information content (AvgIpc) is 2.88. The zero-order valence-electron chi connectivity index (χ0n) is 9.89. The first-order valence-electron chi connectivity index (χ1n) is 5.64. The molecule has 0 N–H and O–H groups in total. The number of aromatic nitrogens is 3. The van der Waals surface area contributed by atoms with Crippen LogP contribution in [0.2, 0.25) is 5.02 Å². The molecule has 1 aromatic carbocycles. The van der Waals surface area contributed by atoms with Crippen LogP contribution < -0.4 is 0 Å². The van der Waals surface area contributed by atoms with Crippen LogP contribution in [0.1, 0.15) is 5.69 Å². The second-order valence-corrected chi connectivity index (χ2v) is 4.53. The average molecular weight is 298 g/mol. The van der Waals surface area contributed by atoms with Crippen molar-refractivity contribution in [2.75, 3.05) is 0 Å². The van der Waals surface area contributed by atoms with E-state index in [4.69, 9.17) is 11.6 Å². The summed E-state index contributed by atoms with van der Waals surface area (Å²) in [6, 6.07) is 9.50. The molecule has 0 aliphatic carbocycles. The molecule has 3 rings (SSSR count). The molecule has 0 amide bonds. The Morgan fingerprint density at radius 2 is 1.85 bits per heavy atom. The molecule has 20 heavy (non-hydrogen) atoms. The van der Waals surface area contributed by atoms with E-state index in [-0.39, 0.29) is 5.82 Å². The van der Waals surface area contributed by atoms with E-state index in [1.54, 1.807) is 24.3 Å². The lowest BCUT2D eigenvalue weighted by atomic mass is 10.2. The fourth-order valence-corrected chi connectivity index (χ4v) is 2.06. The highest BCUT2D eigenvalue weighted by molar-refractivity contribution is 6.35. The third-order valence-corrected chi connectivity index (χ3v) is 3.08. The van der Waals surface area contributed by atoms with E-state index in [9.17, 15) is 13.2 Å². The van der Waals surface area contributed by atoms with Gasteiger partial charge in [0.2, 0.25) is 0 Å². The summed E-state index contributed by atoms with van der Waals surface area (Å²) in [7, 11) is 0. The Labute approximate surface area is 116 Å². The number of fused-ring (bicyclic) bond motifs is 1. The zero-order valence-corrected chi connectivity index (χ0v) is 10.7. The summed E-state index contributed by atoms with van der Waals surface area (Å²) < 4.78 is 38.6. The zero-order chi connectivity index (χ0) is 14.3. The molecular weight excluding hydrogens is 291 g/mol. The highest BCUT2D eigenvalue weighted by Crippen LogP contribution is 2.28. The minimum atomic E-state index is -4.47. The van der Waals surface area contributed by atoms with Crippen molar-refractivity contribution in [2.24, 2.45) is 0 Å². The lowest BCUT2D eigenvalue weighted by Gasteiger charge is -2.05. The molecule has 3 nitrogen and oxygen atoms in total. The van der Waals surface area contributed by atoms with Crippen molar-refractivity contribution in [3.63, 3.8) is 0 Å². The van der Waals surface area contributed by atoms with Crippen LogP contribution in [0.25, 0.3) is 16.7 Å². The van der Waals surface area contributed by atoms with E-state index >= 15 is 0 Å². The van der Waals surface area contributed by atoms with Gasteiger partial charge in [-0.15, -0.1) is 0 Å². The van der Waals surface area contributed by atoms with Gasteiger partial charge in [-0.25, -0.2) is 9.67 Å². The maximum absolute atomic E-state index is 12.5. The lowest BCUT2D eigenvalue weighted by molar-refractivity contribution is -0.141. The van der Waals surface area contributed by atoms with Crippen LogP contribution in [0.15, 0.2) is 42.6 Å². The van der Waals surface area contributed by atoms with Crippen LogP contribution in [0.3, 0.4) is 0 Å². The molecule has 0 bridgehead atoms. The topological polar surface area (TPSA) is 30.7 Å². The highest BCUT2D eigenvalue weighted by Gasteiger charge is 2.33. The summed E-state index contributed by atoms with van der Waals surface area (Å²) in [5.41, 5.74) is -0.436. The summed E-state index contributed by atoms with van der Waals surface area (Å²) in [5.74, 6) is 0.279. The molecule has 0 aliphatic heterocycles. The number of hydrogen-bond donors (Lipinski definition) is 0. The van der Waals surface area contributed by atoms with Crippen LogP contribution in [0.5, 0.6) is 0 Å². The SMILES string of the molecule is FC(F)(F)c1ccn(-c2ccc3cccc(Cl)c3n2)n1. The largest absolute Gasteiger partial charge is 0.435 e. The molecule has 102 valence electrons. The van der Waals surface area contributed by atoms with Gasteiger partial charge in [0, 0.05) is 11.6 Å². The van der Waals surface area contributed by atoms with Gasteiger partial charge < -0.3 is 0 Å². The first-order chi connectivity index (χ1) is 9.45. The highest BCUT2D eigenvalue weighted by atomic mass is 35.5. The minimum Gasteiger partial charge on any atom is -0.227 e. The Bertz CT molecular complexity index is 780. The summed E-state index contributed by atoms with van der Waals surface area (Å²) in [6.07, 6.45) is -3.26. The predicted molar refractivity (Wildman–Crippen MR) is 68.9 cm³/mol. The molecule has 3 aromatic rings. The summed E-state index contributed by atoms with van der Waals surface area (Å²) in [4.78, 5) is 4.24. The van der Waals surface area contributed by atoms with E-state index in [1.807, 2.05) is 6.07 Å². The Kier molecular flexibility index (Phi) is 2.90. The standard InChI is InChI=1S/C13H7ClF3N3/c14-9-3-1-2-8-4-5-11(18-12(8)9)20-7-6-10(19-20)13(15,16)17/h1-7H. The second-order valence-electron chi connectivity index (χ2n) is 4.12. The fraction of sp³-hybridized carbons (Fsp3) is 0.0769. The third kappa shape index (κ3) is 2.22. The first kappa shape index (κ1) is 12.9. The Balaban J connectivity index is 2.11. The quantitative estimate of drug-likeness (QED) is 0.677. The van der Waals surface area contributed by atoms with Gasteiger partial charge >= 0.3 is 6.18 Å². The Morgan fingerprint density at radius 1 is 1.05 bits per heavy atom. The predicted octanol–water partition coefficient (Wildman–Crippen LogP) is 4.09. The molecule has 0 unspecified atom stereocenters. The van der Waals surface area contributed by atoms with Gasteiger partial charge in [-0.3, -0.25) is 0 Å². The fourth-order valence-electron chi connectivity index (χ4n) is 1.83. The van der Waals surface area contributed by atoms with Crippen LogP contribution >= 0.6 is 11.6 Å². The molecule has 0 aliphatic rings. The van der Waals surface area contributed by atoms with E-state index < -0.39 is 11.9 Å². The van der Waals surface area contributed by atoms with Gasteiger partial charge in [-0.2, -0.15) is 18.3 Å². The molecule has 2 aromatic heterocycles. The Morgan fingerprint density at radius 3 is 2.55 bits per heavy atom. The van der Waals surface area contributed by atoms with Gasteiger partial charge in [0.25, 0.3) is 0 Å². The molecule has 0 spiro atoms. The number of rotatable bonds is 1. The number of para-hydroxylation sites is 1. The maximum Gasteiger partial charge on any atom is 0.435 e. The minimum absolute atomic E-state index is 0.279. The second kappa shape index (κ2) is 4.49. The monoisotopic (exact) mass is 297 g/mol. The van der Waals surface area contributed by atoms with Crippen molar-refractivity contribution in [1.29, 1.82) is 0 Å². The van der Waals surface area contributed by atoms with Gasteiger partial charge in [0.05, 0.1) is 10.5 Å².